The summed E-state index contributed by atoms with van der Waals surface area (Å²) >= 11 is 3.45. The van der Waals surface area contributed by atoms with Gasteiger partial charge in [0.1, 0.15) is 18.1 Å². The number of carbonyl (C=O) groups is 2. The molecule has 0 unspecified atom stereocenters. The molecule has 0 bridgehead atoms. The molecule has 0 saturated carbocycles. The molecule has 0 fully saturated rings. The number of benzene rings is 2. The zero-order valence-electron chi connectivity index (χ0n) is 17.1. The molecule has 0 saturated heterocycles. The van der Waals surface area contributed by atoms with E-state index in [0.29, 0.717) is 30.1 Å². The standard InChI is InChI=1S/C22H23BrN4O3/c1-4-27-20(22(29)26(2)3)18(13-24-27)25-21(28)16-9-7-8-15(12-16)14-30-19-11-6-5-10-17(19)23/h5-13H,4,14H2,1-3H3,(H,25,28). The van der Waals surface area contributed by atoms with Crippen LogP contribution >= 0.6 is 15.9 Å². The van der Waals surface area contributed by atoms with Crippen molar-refractivity contribution in [1.29, 1.82) is 0 Å². The van der Waals surface area contributed by atoms with Crippen LogP contribution in [0.1, 0.15) is 33.3 Å². The molecular formula is C22H23BrN4O3. The van der Waals surface area contributed by atoms with Crippen molar-refractivity contribution in [3.8, 4) is 5.75 Å². The SMILES string of the molecule is CCn1ncc(NC(=O)c2cccc(COc3ccccc3Br)c2)c1C(=O)N(C)C. The van der Waals surface area contributed by atoms with Crippen molar-refractivity contribution >= 4 is 33.4 Å². The van der Waals surface area contributed by atoms with Gasteiger partial charge in [-0.2, -0.15) is 5.10 Å². The smallest absolute Gasteiger partial charge is 0.273 e. The van der Waals surface area contributed by atoms with Crippen molar-refractivity contribution in [2.45, 2.75) is 20.1 Å². The molecule has 156 valence electrons. The van der Waals surface area contributed by atoms with Gasteiger partial charge >= 0.3 is 0 Å². The van der Waals surface area contributed by atoms with Crippen molar-refractivity contribution in [2.24, 2.45) is 0 Å². The molecule has 0 aliphatic rings. The van der Waals surface area contributed by atoms with E-state index in [2.05, 4.69) is 26.3 Å². The Balaban J connectivity index is 1.75. The highest BCUT2D eigenvalue weighted by molar-refractivity contribution is 9.10. The number of nitrogens with zero attached hydrogens (tertiary/aromatic N) is 3. The molecule has 0 spiro atoms. The van der Waals surface area contributed by atoms with E-state index in [4.69, 9.17) is 4.74 Å². The van der Waals surface area contributed by atoms with Crippen LogP contribution in [0.5, 0.6) is 5.75 Å². The zero-order chi connectivity index (χ0) is 21.7. The molecule has 0 atom stereocenters. The summed E-state index contributed by atoms with van der Waals surface area (Å²) in [6.45, 7) is 2.73. The summed E-state index contributed by atoms with van der Waals surface area (Å²) in [6, 6.07) is 14.8. The van der Waals surface area contributed by atoms with Crippen molar-refractivity contribution < 1.29 is 14.3 Å². The fourth-order valence-electron chi connectivity index (χ4n) is 2.87. The summed E-state index contributed by atoms with van der Waals surface area (Å²) in [4.78, 5) is 26.8. The fraction of sp³-hybridized carbons (Fsp3) is 0.227. The Morgan fingerprint density at radius 2 is 1.93 bits per heavy atom. The van der Waals surface area contributed by atoms with Gasteiger partial charge in [-0.1, -0.05) is 24.3 Å². The topological polar surface area (TPSA) is 76.5 Å². The summed E-state index contributed by atoms with van der Waals surface area (Å²) < 4.78 is 8.26. The summed E-state index contributed by atoms with van der Waals surface area (Å²) in [7, 11) is 3.32. The van der Waals surface area contributed by atoms with Gasteiger partial charge in [-0.25, -0.2) is 0 Å². The lowest BCUT2D eigenvalue weighted by Crippen LogP contribution is -2.26. The summed E-state index contributed by atoms with van der Waals surface area (Å²) in [5, 5.41) is 7.01. The number of aromatic nitrogens is 2. The third kappa shape index (κ3) is 4.88. The second-order valence-corrected chi connectivity index (χ2v) is 7.65. The lowest BCUT2D eigenvalue weighted by atomic mass is 10.1. The molecular weight excluding hydrogens is 448 g/mol. The lowest BCUT2D eigenvalue weighted by Gasteiger charge is -2.14. The Morgan fingerprint density at radius 3 is 2.63 bits per heavy atom. The predicted octanol–water partition coefficient (Wildman–Crippen LogP) is 4.20. The summed E-state index contributed by atoms with van der Waals surface area (Å²) in [6.07, 6.45) is 1.50. The highest BCUT2D eigenvalue weighted by Gasteiger charge is 2.21. The number of nitrogens with one attached hydrogen (secondary N) is 1. The average molecular weight is 471 g/mol. The normalized spacial score (nSPS) is 10.5. The van der Waals surface area contributed by atoms with Crippen molar-refractivity contribution in [3.05, 3.63) is 76.0 Å². The molecule has 0 aliphatic carbocycles. The van der Waals surface area contributed by atoms with Crippen molar-refractivity contribution in [2.75, 3.05) is 19.4 Å². The predicted molar refractivity (Wildman–Crippen MR) is 119 cm³/mol. The van der Waals surface area contributed by atoms with Crippen LogP contribution in [0.25, 0.3) is 0 Å². The van der Waals surface area contributed by atoms with Gasteiger partial charge in [-0.3, -0.25) is 14.3 Å². The number of para-hydroxylation sites is 1. The maximum absolute atomic E-state index is 12.8. The Morgan fingerprint density at radius 1 is 1.17 bits per heavy atom. The van der Waals surface area contributed by atoms with Gasteiger partial charge in [-0.05, 0) is 52.7 Å². The van der Waals surface area contributed by atoms with Gasteiger partial charge in [0.2, 0.25) is 0 Å². The zero-order valence-corrected chi connectivity index (χ0v) is 18.6. The highest BCUT2D eigenvalue weighted by atomic mass is 79.9. The number of ether oxygens (including phenoxy) is 1. The van der Waals surface area contributed by atoms with Crippen LogP contribution in [-0.4, -0.2) is 40.6 Å². The number of anilines is 1. The molecule has 3 rings (SSSR count). The van der Waals surface area contributed by atoms with Gasteiger partial charge in [0.05, 0.1) is 16.4 Å². The lowest BCUT2D eigenvalue weighted by molar-refractivity contribution is 0.0816. The fourth-order valence-corrected chi connectivity index (χ4v) is 3.27. The van der Waals surface area contributed by atoms with Crippen LogP contribution in [0.3, 0.4) is 0 Å². The Kier molecular flexibility index (Phi) is 6.89. The van der Waals surface area contributed by atoms with E-state index in [1.807, 2.05) is 37.3 Å². The third-order valence-electron chi connectivity index (χ3n) is 4.42. The van der Waals surface area contributed by atoms with Crippen LogP contribution in [0, 0.1) is 0 Å². The molecule has 0 radical (unpaired) electrons. The molecule has 1 N–H and O–H groups in total. The van der Waals surface area contributed by atoms with Gasteiger partial charge in [0.25, 0.3) is 11.8 Å². The number of hydrogen-bond donors (Lipinski definition) is 1. The number of hydrogen-bond acceptors (Lipinski definition) is 4. The monoisotopic (exact) mass is 470 g/mol. The molecule has 30 heavy (non-hydrogen) atoms. The largest absolute Gasteiger partial charge is 0.488 e. The van der Waals surface area contributed by atoms with Crippen LogP contribution in [0.2, 0.25) is 0 Å². The first-order chi connectivity index (χ1) is 14.4. The van der Waals surface area contributed by atoms with Crippen LogP contribution in [0.15, 0.2) is 59.2 Å². The molecule has 0 aliphatic heterocycles. The molecule has 2 aromatic carbocycles. The minimum Gasteiger partial charge on any atom is -0.488 e. The number of carbonyl (C=O) groups excluding carboxylic acids is 2. The first kappa shape index (κ1) is 21.6. The van der Waals surface area contributed by atoms with Crippen LogP contribution in [-0.2, 0) is 13.2 Å². The van der Waals surface area contributed by atoms with Crippen LogP contribution in [0.4, 0.5) is 5.69 Å². The van der Waals surface area contributed by atoms with E-state index in [1.165, 1.54) is 11.1 Å². The van der Waals surface area contributed by atoms with E-state index in [1.54, 1.807) is 37.0 Å². The second-order valence-electron chi connectivity index (χ2n) is 6.80. The van der Waals surface area contributed by atoms with Gasteiger partial charge < -0.3 is 15.0 Å². The minimum atomic E-state index is -0.318. The Bertz CT molecular complexity index is 1060. The molecule has 8 heteroatoms. The van der Waals surface area contributed by atoms with Crippen LogP contribution < -0.4 is 10.1 Å². The number of rotatable bonds is 7. The molecule has 7 nitrogen and oxygen atoms in total. The van der Waals surface area contributed by atoms with Gasteiger partial charge in [-0.15, -0.1) is 0 Å². The maximum atomic E-state index is 12.8. The van der Waals surface area contributed by atoms with E-state index < -0.39 is 0 Å². The minimum absolute atomic E-state index is 0.222. The highest BCUT2D eigenvalue weighted by Crippen LogP contribution is 2.25. The van der Waals surface area contributed by atoms with Crippen molar-refractivity contribution in [1.82, 2.24) is 14.7 Å². The number of aryl methyl sites for hydroxylation is 1. The Labute approximate surface area is 183 Å². The van der Waals surface area contributed by atoms with E-state index in [-0.39, 0.29) is 11.8 Å². The summed E-state index contributed by atoms with van der Waals surface area (Å²) in [5.41, 5.74) is 2.06. The van der Waals surface area contributed by atoms with E-state index >= 15 is 0 Å². The molecule has 1 aromatic heterocycles. The first-order valence-corrected chi connectivity index (χ1v) is 10.2. The average Bonchev–Trinajstić information content (AvgIpc) is 3.15. The first-order valence-electron chi connectivity index (χ1n) is 9.45. The van der Waals surface area contributed by atoms with E-state index in [0.717, 1.165) is 15.8 Å². The molecule has 2 amide bonds. The maximum Gasteiger partial charge on any atom is 0.273 e. The van der Waals surface area contributed by atoms with Gasteiger partial charge in [0.15, 0.2) is 0 Å². The third-order valence-corrected chi connectivity index (χ3v) is 5.07. The number of halogens is 1. The molecule has 3 aromatic rings. The molecule has 1 heterocycles. The quantitative estimate of drug-likeness (QED) is 0.561. The Hall–Kier alpha value is -3.13. The van der Waals surface area contributed by atoms with Crippen molar-refractivity contribution in [3.63, 3.8) is 0 Å². The van der Waals surface area contributed by atoms with Gasteiger partial charge in [0, 0.05) is 26.2 Å². The van der Waals surface area contributed by atoms with E-state index in [9.17, 15) is 9.59 Å². The second kappa shape index (κ2) is 9.58. The summed E-state index contributed by atoms with van der Waals surface area (Å²) in [5.74, 6) is 0.188. The number of amides is 2.